The van der Waals surface area contributed by atoms with Crippen LogP contribution in [0.3, 0.4) is 0 Å². The van der Waals surface area contributed by atoms with Gasteiger partial charge in [-0.1, -0.05) is 19.8 Å². The Bertz CT molecular complexity index is 79.3. The molecule has 1 aliphatic rings. The molecule has 0 unspecified atom stereocenters. The lowest BCUT2D eigenvalue weighted by molar-refractivity contribution is 0.422. The van der Waals surface area contributed by atoms with Crippen LogP contribution in [0.5, 0.6) is 0 Å². The number of rotatable bonds is 2. The van der Waals surface area contributed by atoms with E-state index in [-0.39, 0.29) is 12.4 Å². The summed E-state index contributed by atoms with van der Waals surface area (Å²) in [6.07, 6.45) is 6.76. The van der Waals surface area contributed by atoms with E-state index in [1.807, 2.05) is 0 Å². The van der Waals surface area contributed by atoms with Gasteiger partial charge < -0.3 is 5.73 Å². The Morgan fingerprint density at radius 2 is 1.90 bits per heavy atom. The lowest BCUT2D eigenvalue weighted by atomic mass is 9.97. The molecule has 1 rings (SSSR count). The van der Waals surface area contributed by atoms with E-state index in [0.29, 0.717) is 6.04 Å². The second-order valence-corrected chi connectivity index (χ2v) is 3.12. The van der Waals surface area contributed by atoms with Crippen molar-refractivity contribution in [3.05, 3.63) is 0 Å². The van der Waals surface area contributed by atoms with Crippen LogP contribution in [-0.2, 0) is 0 Å². The third-order valence-electron chi connectivity index (χ3n) is 2.48. The van der Waals surface area contributed by atoms with Gasteiger partial charge in [0.25, 0.3) is 0 Å². The fourth-order valence-electron chi connectivity index (χ4n) is 1.72. The molecule has 0 amide bonds. The molecular formula is C8H18ClN. The van der Waals surface area contributed by atoms with Gasteiger partial charge in [-0.2, -0.15) is 0 Å². The van der Waals surface area contributed by atoms with Gasteiger partial charge in [0.2, 0.25) is 0 Å². The van der Waals surface area contributed by atoms with Crippen LogP contribution in [0.25, 0.3) is 0 Å². The molecule has 10 heavy (non-hydrogen) atoms. The van der Waals surface area contributed by atoms with Crippen LogP contribution in [-0.4, -0.2) is 6.04 Å². The van der Waals surface area contributed by atoms with Gasteiger partial charge >= 0.3 is 0 Å². The van der Waals surface area contributed by atoms with Crippen molar-refractivity contribution >= 4 is 12.4 Å². The molecule has 1 fully saturated rings. The van der Waals surface area contributed by atoms with Crippen molar-refractivity contribution in [1.82, 2.24) is 0 Å². The van der Waals surface area contributed by atoms with Crippen molar-refractivity contribution in [3.63, 3.8) is 0 Å². The normalized spacial score (nSPS) is 22.2. The molecule has 0 bridgehead atoms. The second kappa shape index (κ2) is 4.97. The van der Waals surface area contributed by atoms with Crippen molar-refractivity contribution in [2.75, 3.05) is 0 Å². The van der Waals surface area contributed by atoms with E-state index in [2.05, 4.69) is 6.92 Å². The molecule has 2 N–H and O–H groups in total. The maximum atomic E-state index is 5.88. The molecule has 0 spiro atoms. The second-order valence-electron chi connectivity index (χ2n) is 3.12. The Balaban J connectivity index is 0.000000810. The summed E-state index contributed by atoms with van der Waals surface area (Å²) in [5.74, 6) is 0.856. The summed E-state index contributed by atoms with van der Waals surface area (Å²) in [5.41, 5.74) is 5.88. The predicted octanol–water partition coefficient (Wildman–Crippen LogP) is 2.34. The maximum absolute atomic E-state index is 5.88. The molecule has 1 atom stereocenters. The number of nitrogens with two attached hydrogens (primary N) is 1. The summed E-state index contributed by atoms with van der Waals surface area (Å²) < 4.78 is 0. The summed E-state index contributed by atoms with van der Waals surface area (Å²) in [6.45, 7) is 2.18. The molecule has 0 saturated heterocycles. The van der Waals surface area contributed by atoms with Gasteiger partial charge in [0.1, 0.15) is 0 Å². The zero-order chi connectivity index (χ0) is 6.69. The zero-order valence-corrected chi connectivity index (χ0v) is 7.49. The highest BCUT2D eigenvalue weighted by Gasteiger charge is 2.19. The average molecular weight is 164 g/mol. The summed E-state index contributed by atoms with van der Waals surface area (Å²) >= 11 is 0. The highest BCUT2D eigenvalue weighted by Crippen LogP contribution is 2.27. The molecular weight excluding hydrogens is 146 g/mol. The summed E-state index contributed by atoms with van der Waals surface area (Å²) in [4.78, 5) is 0. The molecule has 2 heteroatoms. The number of hydrogen-bond donors (Lipinski definition) is 1. The molecule has 0 aromatic rings. The van der Waals surface area contributed by atoms with Crippen molar-refractivity contribution in [2.45, 2.75) is 45.1 Å². The van der Waals surface area contributed by atoms with Crippen molar-refractivity contribution in [3.8, 4) is 0 Å². The minimum absolute atomic E-state index is 0. The van der Waals surface area contributed by atoms with Crippen LogP contribution in [0.1, 0.15) is 39.0 Å². The van der Waals surface area contributed by atoms with Crippen molar-refractivity contribution in [2.24, 2.45) is 11.7 Å². The lowest BCUT2D eigenvalue weighted by Crippen LogP contribution is -2.26. The Kier molecular flexibility index (Phi) is 5.10. The Labute approximate surface area is 69.8 Å². The lowest BCUT2D eigenvalue weighted by Gasteiger charge is -2.15. The Morgan fingerprint density at radius 3 is 2.30 bits per heavy atom. The van der Waals surface area contributed by atoms with E-state index in [1.54, 1.807) is 0 Å². The van der Waals surface area contributed by atoms with Gasteiger partial charge in [-0.05, 0) is 25.2 Å². The highest BCUT2D eigenvalue weighted by molar-refractivity contribution is 5.85. The van der Waals surface area contributed by atoms with E-state index < -0.39 is 0 Å². The van der Waals surface area contributed by atoms with Crippen molar-refractivity contribution < 1.29 is 0 Å². The minimum atomic E-state index is 0. The van der Waals surface area contributed by atoms with Gasteiger partial charge in [-0.15, -0.1) is 12.4 Å². The average Bonchev–Trinajstić information content (AvgIpc) is 2.37. The van der Waals surface area contributed by atoms with E-state index in [1.165, 1.54) is 25.7 Å². The van der Waals surface area contributed by atoms with Crippen LogP contribution in [0.2, 0.25) is 0 Å². The third kappa shape index (κ3) is 2.47. The summed E-state index contributed by atoms with van der Waals surface area (Å²) in [7, 11) is 0. The molecule has 0 aromatic heterocycles. The summed E-state index contributed by atoms with van der Waals surface area (Å²) in [5, 5.41) is 0. The van der Waals surface area contributed by atoms with Gasteiger partial charge in [0.05, 0.1) is 0 Å². The van der Waals surface area contributed by atoms with Gasteiger partial charge in [0.15, 0.2) is 0 Å². The standard InChI is InChI=1S/C8H17N.ClH/c1-2-8(9)7-5-3-4-6-7;/h7-8H,2-6,9H2,1H3;1H/t8-;/m0./s1. The molecule has 1 nitrogen and oxygen atoms in total. The maximum Gasteiger partial charge on any atom is 0.00645 e. The first-order valence-corrected chi connectivity index (χ1v) is 4.10. The molecule has 62 valence electrons. The van der Waals surface area contributed by atoms with Crippen molar-refractivity contribution in [1.29, 1.82) is 0 Å². The quantitative estimate of drug-likeness (QED) is 0.665. The third-order valence-corrected chi connectivity index (χ3v) is 2.48. The largest absolute Gasteiger partial charge is 0.327 e. The van der Waals surface area contributed by atoms with Crippen LogP contribution in [0, 0.1) is 5.92 Å². The molecule has 1 aliphatic carbocycles. The molecule has 0 radical (unpaired) electrons. The SMILES string of the molecule is CC[C@H](N)C1CCCC1.Cl. The monoisotopic (exact) mass is 163 g/mol. The fourth-order valence-corrected chi connectivity index (χ4v) is 1.72. The van der Waals surface area contributed by atoms with Crippen LogP contribution in [0.15, 0.2) is 0 Å². The van der Waals surface area contributed by atoms with Gasteiger partial charge in [0, 0.05) is 6.04 Å². The van der Waals surface area contributed by atoms with E-state index >= 15 is 0 Å². The van der Waals surface area contributed by atoms with Gasteiger partial charge in [-0.25, -0.2) is 0 Å². The topological polar surface area (TPSA) is 26.0 Å². The van der Waals surface area contributed by atoms with E-state index in [9.17, 15) is 0 Å². The van der Waals surface area contributed by atoms with E-state index in [0.717, 1.165) is 12.3 Å². The van der Waals surface area contributed by atoms with Crippen LogP contribution in [0.4, 0.5) is 0 Å². The minimum Gasteiger partial charge on any atom is -0.327 e. The Hall–Kier alpha value is 0.250. The Morgan fingerprint density at radius 1 is 1.40 bits per heavy atom. The predicted molar refractivity (Wildman–Crippen MR) is 47.5 cm³/mol. The van der Waals surface area contributed by atoms with Gasteiger partial charge in [-0.3, -0.25) is 0 Å². The van der Waals surface area contributed by atoms with Crippen LogP contribution >= 0.6 is 12.4 Å². The number of halogens is 1. The van der Waals surface area contributed by atoms with Crippen LogP contribution < -0.4 is 5.73 Å². The molecule has 0 aromatic carbocycles. The summed E-state index contributed by atoms with van der Waals surface area (Å²) in [6, 6.07) is 0.493. The first-order chi connectivity index (χ1) is 4.34. The first kappa shape index (κ1) is 10.2. The smallest absolute Gasteiger partial charge is 0.00645 e. The molecule has 1 saturated carbocycles. The number of hydrogen-bond acceptors (Lipinski definition) is 1. The molecule has 0 aliphatic heterocycles. The zero-order valence-electron chi connectivity index (χ0n) is 6.68. The fraction of sp³-hybridized carbons (Fsp3) is 1.00. The molecule has 0 heterocycles. The highest BCUT2D eigenvalue weighted by atomic mass is 35.5. The first-order valence-electron chi connectivity index (χ1n) is 4.10. The van der Waals surface area contributed by atoms with E-state index in [4.69, 9.17) is 5.73 Å².